The molecule has 1 aromatic carbocycles. The zero-order valence-corrected chi connectivity index (χ0v) is 8.87. The van der Waals surface area contributed by atoms with Crippen molar-refractivity contribution in [3.63, 3.8) is 0 Å². The Morgan fingerprint density at radius 1 is 1.19 bits per heavy atom. The summed E-state index contributed by atoms with van der Waals surface area (Å²) in [5.41, 5.74) is 6.05. The molecule has 2 rings (SSSR count). The molecule has 0 aliphatic heterocycles. The molecule has 0 unspecified atom stereocenters. The minimum absolute atomic E-state index is 0.239. The molecule has 0 aliphatic rings. The third-order valence-corrected chi connectivity index (χ3v) is 2.07. The van der Waals surface area contributed by atoms with Gasteiger partial charge in [0.05, 0.1) is 0 Å². The monoisotopic (exact) mass is 238 g/mol. The molecule has 0 amide bonds. The van der Waals surface area contributed by atoms with Crippen molar-refractivity contribution >= 4 is 28.9 Å². The van der Waals surface area contributed by atoms with E-state index in [2.05, 4.69) is 15.3 Å². The minimum atomic E-state index is -0.433. The van der Waals surface area contributed by atoms with E-state index in [4.69, 9.17) is 17.3 Å². The number of hydrogen-bond donors (Lipinski definition) is 2. The molecule has 0 saturated heterocycles. The van der Waals surface area contributed by atoms with Crippen LogP contribution in [-0.4, -0.2) is 9.97 Å². The summed E-state index contributed by atoms with van der Waals surface area (Å²) in [5.74, 6) is 0.171. The van der Waals surface area contributed by atoms with Crippen LogP contribution in [0.1, 0.15) is 0 Å². The van der Waals surface area contributed by atoms with Crippen LogP contribution in [0.25, 0.3) is 0 Å². The molecule has 2 aromatic rings. The zero-order valence-electron chi connectivity index (χ0n) is 8.11. The number of nitrogen functional groups attached to an aromatic ring is 1. The lowest BCUT2D eigenvalue weighted by Crippen LogP contribution is -2.00. The van der Waals surface area contributed by atoms with Crippen molar-refractivity contribution in [3.8, 4) is 0 Å². The molecule has 0 atom stereocenters. The van der Waals surface area contributed by atoms with Gasteiger partial charge in [-0.15, -0.1) is 0 Å². The van der Waals surface area contributed by atoms with Crippen LogP contribution in [-0.2, 0) is 0 Å². The smallest absolute Gasteiger partial charge is 0.173 e. The molecule has 0 spiro atoms. The van der Waals surface area contributed by atoms with Gasteiger partial charge >= 0.3 is 0 Å². The molecule has 0 fully saturated rings. The SMILES string of the molecule is Nc1nccnc1Nc1cc(F)cc(Cl)c1. The molecule has 6 heteroatoms. The molecule has 0 bridgehead atoms. The molecule has 4 nitrogen and oxygen atoms in total. The van der Waals surface area contributed by atoms with Crippen LogP contribution >= 0.6 is 11.6 Å². The summed E-state index contributed by atoms with van der Waals surface area (Å²) >= 11 is 5.71. The predicted octanol–water partition coefficient (Wildman–Crippen LogP) is 2.59. The third kappa shape index (κ3) is 2.38. The number of rotatable bonds is 2. The Bertz CT molecular complexity index is 498. The van der Waals surface area contributed by atoms with Gasteiger partial charge in [-0.05, 0) is 18.2 Å². The Hall–Kier alpha value is -1.88. The number of aromatic nitrogens is 2. The summed E-state index contributed by atoms with van der Waals surface area (Å²) in [4.78, 5) is 7.81. The lowest BCUT2D eigenvalue weighted by atomic mass is 10.3. The average molecular weight is 239 g/mol. The lowest BCUT2D eigenvalue weighted by Gasteiger charge is -2.07. The highest BCUT2D eigenvalue weighted by molar-refractivity contribution is 6.30. The second kappa shape index (κ2) is 4.32. The standard InChI is InChI=1S/C10H8ClFN4/c11-6-3-7(12)5-8(4-6)16-10-9(13)14-1-2-15-10/h1-5H,(H2,13,14)(H,15,16). The van der Waals surface area contributed by atoms with Crippen LogP contribution in [0.15, 0.2) is 30.6 Å². The van der Waals surface area contributed by atoms with Crippen molar-refractivity contribution in [1.82, 2.24) is 9.97 Å². The van der Waals surface area contributed by atoms with Gasteiger partial charge in [-0.1, -0.05) is 11.6 Å². The second-order valence-corrected chi connectivity index (χ2v) is 3.51. The summed E-state index contributed by atoms with van der Waals surface area (Å²) in [5, 5.41) is 3.13. The summed E-state index contributed by atoms with van der Waals surface area (Å²) in [6, 6.07) is 4.07. The van der Waals surface area contributed by atoms with Crippen LogP contribution in [0, 0.1) is 5.82 Å². The maximum absolute atomic E-state index is 13.0. The normalized spacial score (nSPS) is 10.1. The quantitative estimate of drug-likeness (QED) is 0.844. The van der Waals surface area contributed by atoms with E-state index in [0.717, 1.165) is 0 Å². The highest BCUT2D eigenvalue weighted by Crippen LogP contribution is 2.22. The van der Waals surface area contributed by atoms with Gasteiger partial charge < -0.3 is 11.1 Å². The van der Waals surface area contributed by atoms with Gasteiger partial charge in [-0.2, -0.15) is 0 Å². The van der Waals surface area contributed by atoms with E-state index >= 15 is 0 Å². The molecule has 0 aliphatic carbocycles. The van der Waals surface area contributed by atoms with Gasteiger partial charge in [0.15, 0.2) is 11.6 Å². The molecule has 0 saturated carbocycles. The van der Waals surface area contributed by atoms with Gasteiger partial charge in [-0.25, -0.2) is 14.4 Å². The van der Waals surface area contributed by atoms with E-state index in [1.54, 1.807) is 6.07 Å². The zero-order chi connectivity index (χ0) is 11.5. The van der Waals surface area contributed by atoms with E-state index in [1.807, 2.05) is 0 Å². The number of nitrogens with two attached hydrogens (primary N) is 1. The van der Waals surface area contributed by atoms with Crippen molar-refractivity contribution < 1.29 is 4.39 Å². The summed E-state index contributed by atoms with van der Waals surface area (Å²) in [6.07, 6.45) is 2.96. The Kier molecular flexibility index (Phi) is 2.87. The van der Waals surface area contributed by atoms with Crippen molar-refractivity contribution in [2.45, 2.75) is 0 Å². The van der Waals surface area contributed by atoms with E-state index in [0.29, 0.717) is 16.5 Å². The third-order valence-electron chi connectivity index (χ3n) is 1.85. The van der Waals surface area contributed by atoms with Crippen molar-refractivity contribution in [2.75, 3.05) is 11.1 Å². The second-order valence-electron chi connectivity index (χ2n) is 3.07. The lowest BCUT2D eigenvalue weighted by molar-refractivity contribution is 0.628. The fourth-order valence-electron chi connectivity index (χ4n) is 1.21. The van der Waals surface area contributed by atoms with Crippen LogP contribution in [0.2, 0.25) is 5.02 Å². The summed E-state index contributed by atoms with van der Waals surface area (Å²) in [6.45, 7) is 0. The number of nitrogens with one attached hydrogen (secondary N) is 1. The fraction of sp³-hybridized carbons (Fsp3) is 0. The first-order valence-corrected chi connectivity index (χ1v) is 4.82. The Morgan fingerprint density at radius 3 is 2.62 bits per heavy atom. The number of anilines is 3. The topological polar surface area (TPSA) is 63.8 Å². The molecular weight excluding hydrogens is 231 g/mol. The molecular formula is C10H8ClFN4. The van der Waals surface area contributed by atoms with Gasteiger partial charge in [0.2, 0.25) is 0 Å². The Labute approximate surface area is 96.3 Å². The first kappa shape index (κ1) is 10.6. The van der Waals surface area contributed by atoms with Crippen LogP contribution < -0.4 is 11.1 Å². The van der Waals surface area contributed by atoms with Gasteiger partial charge in [-0.3, -0.25) is 0 Å². The number of hydrogen-bond acceptors (Lipinski definition) is 4. The van der Waals surface area contributed by atoms with Gasteiger partial charge in [0.1, 0.15) is 5.82 Å². The Morgan fingerprint density at radius 2 is 1.94 bits per heavy atom. The molecule has 3 N–H and O–H groups in total. The Balaban J connectivity index is 2.30. The van der Waals surface area contributed by atoms with E-state index in [-0.39, 0.29) is 5.82 Å². The maximum Gasteiger partial charge on any atom is 0.173 e. The van der Waals surface area contributed by atoms with E-state index in [9.17, 15) is 4.39 Å². The van der Waals surface area contributed by atoms with Crippen molar-refractivity contribution in [3.05, 3.63) is 41.4 Å². The van der Waals surface area contributed by atoms with Crippen molar-refractivity contribution in [1.29, 1.82) is 0 Å². The molecule has 0 radical (unpaired) electrons. The maximum atomic E-state index is 13.0. The van der Waals surface area contributed by atoms with Crippen LogP contribution in [0.3, 0.4) is 0 Å². The predicted molar refractivity (Wildman–Crippen MR) is 61.1 cm³/mol. The number of halogens is 2. The first-order chi connectivity index (χ1) is 7.65. The van der Waals surface area contributed by atoms with Crippen molar-refractivity contribution in [2.24, 2.45) is 0 Å². The largest absolute Gasteiger partial charge is 0.381 e. The highest BCUT2D eigenvalue weighted by atomic mass is 35.5. The van der Waals surface area contributed by atoms with E-state index < -0.39 is 5.82 Å². The molecule has 1 aromatic heterocycles. The number of nitrogens with zero attached hydrogens (tertiary/aromatic N) is 2. The van der Waals surface area contributed by atoms with E-state index in [1.165, 1.54) is 24.5 Å². The first-order valence-electron chi connectivity index (χ1n) is 4.45. The highest BCUT2D eigenvalue weighted by Gasteiger charge is 2.03. The van der Waals surface area contributed by atoms with Gasteiger partial charge in [0, 0.05) is 23.1 Å². The average Bonchev–Trinajstić information content (AvgIpc) is 2.20. The molecule has 1 heterocycles. The molecule has 16 heavy (non-hydrogen) atoms. The number of benzene rings is 1. The molecule has 82 valence electrons. The minimum Gasteiger partial charge on any atom is -0.381 e. The fourth-order valence-corrected chi connectivity index (χ4v) is 1.43. The van der Waals surface area contributed by atoms with Gasteiger partial charge in [0.25, 0.3) is 0 Å². The summed E-state index contributed by atoms with van der Waals surface area (Å²) < 4.78 is 13.0. The van der Waals surface area contributed by atoms with Crippen LogP contribution in [0.5, 0.6) is 0 Å². The van der Waals surface area contributed by atoms with Crippen LogP contribution in [0.4, 0.5) is 21.7 Å². The summed E-state index contributed by atoms with van der Waals surface area (Å²) in [7, 11) is 0.